The van der Waals surface area contributed by atoms with Crippen LogP contribution in [0.1, 0.15) is 0 Å². The Morgan fingerprint density at radius 1 is 1.12 bits per heavy atom. The number of rotatable bonds is 3. The van der Waals surface area contributed by atoms with Gasteiger partial charge in [-0.15, -0.1) is 5.10 Å². The van der Waals surface area contributed by atoms with Gasteiger partial charge in [-0.25, -0.2) is 4.68 Å². The molecule has 1 saturated heterocycles. The molecule has 0 saturated carbocycles. The van der Waals surface area contributed by atoms with Gasteiger partial charge >= 0.3 is 6.18 Å². The topological polar surface area (TPSA) is 50.9 Å². The number of fused-ring (bicyclic) bond motifs is 1. The molecule has 0 aliphatic carbocycles. The molecule has 1 aromatic carbocycles. The Balaban J connectivity index is 1.75. The van der Waals surface area contributed by atoms with Crippen LogP contribution in [0.15, 0.2) is 36.7 Å². The number of para-hydroxylation sites is 1. The molecule has 1 N–H and O–H groups in total. The molecule has 3 aromatic rings. The number of nitrogens with one attached hydrogen (secondary N) is 1. The fourth-order valence-electron chi connectivity index (χ4n) is 3.09. The van der Waals surface area contributed by atoms with E-state index in [1.54, 1.807) is 4.68 Å². The maximum Gasteiger partial charge on any atom is 0.408 e. The van der Waals surface area contributed by atoms with Crippen molar-refractivity contribution in [3.8, 4) is 5.69 Å². The monoisotopic (exact) mass is 350 g/mol. The molecule has 0 atom stereocenters. The molecule has 4 rings (SSSR count). The average molecular weight is 350 g/mol. The minimum atomic E-state index is -4.30. The van der Waals surface area contributed by atoms with Gasteiger partial charge in [-0.3, -0.25) is 4.68 Å². The van der Waals surface area contributed by atoms with Crippen LogP contribution in [-0.4, -0.2) is 51.9 Å². The van der Waals surface area contributed by atoms with Gasteiger partial charge in [0.2, 0.25) is 0 Å². The van der Waals surface area contributed by atoms with Crippen molar-refractivity contribution < 1.29 is 13.2 Å². The normalized spacial score (nSPS) is 15.9. The van der Waals surface area contributed by atoms with E-state index in [-0.39, 0.29) is 0 Å². The highest BCUT2D eigenvalue weighted by atomic mass is 19.4. The van der Waals surface area contributed by atoms with Crippen molar-refractivity contribution in [1.29, 1.82) is 0 Å². The van der Waals surface area contributed by atoms with Crippen molar-refractivity contribution in [1.82, 2.24) is 24.9 Å². The number of alkyl halides is 3. The van der Waals surface area contributed by atoms with Crippen LogP contribution < -0.4 is 10.2 Å². The third kappa shape index (κ3) is 3.19. The van der Waals surface area contributed by atoms with Crippen LogP contribution in [-0.2, 0) is 6.54 Å². The van der Waals surface area contributed by atoms with E-state index in [9.17, 15) is 13.2 Å². The fraction of sp³-hybridized carbons (Fsp3) is 0.375. The molecule has 0 unspecified atom stereocenters. The first kappa shape index (κ1) is 15.9. The van der Waals surface area contributed by atoms with Crippen molar-refractivity contribution in [2.75, 3.05) is 31.1 Å². The Hall–Kier alpha value is -2.55. The van der Waals surface area contributed by atoms with Gasteiger partial charge in [0, 0.05) is 31.6 Å². The van der Waals surface area contributed by atoms with Crippen LogP contribution in [0.25, 0.3) is 16.6 Å². The van der Waals surface area contributed by atoms with E-state index in [1.807, 2.05) is 24.3 Å². The Morgan fingerprint density at radius 3 is 2.64 bits per heavy atom. The minimum absolute atomic E-state index is 0.516. The third-order valence-electron chi connectivity index (χ3n) is 4.19. The first-order chi connectivity index (χ1) is 12.0. The minimum Gasteiger partial charge on any atom is -0.352 e. The molecule has 0 bridgehead atoms. The number of piperazine rings is 1. The van der Waals surface area contributed by atoms with E-state index in [2.05, 4.69) is 20.4 Å². The van der Waals surface area contributed by atoms with Gasteiger partial charge in [0.05, 0.1) is 17.9 Å². The summed E-state index contributed by atoms with van der Waals surface area (Å²) < 4.78 is 40.2. The van der Waals surface area contributed by atoms with Gasteiger partial charge < -0.3 is 10.2 Å². The van der Waals surface area contributed by atoms with E-state index < -0.39 is 12.7 Å². The number of hydrogen-bond acceptors (Lipinski definition) is 4. The largest absolute Gasteiger partial charge is 0.408 e. The molecule has 132 valence electrons. The van der Waals surface area contributed by atoms with Crippen molar-refractivity contribution in [2.45, 2.75) is 12.7 Å². The SMILES string of the molecule is FC(F)(F)Cn1cc(-n2nc(N3CCNCC3)c3ccccc32)cn1. The van der Waals surface area contributed by atoms with Gasteiger partial charge in [0.1, 0.15) is 12.2 Å². The zero-order valence-electron chi connectivity index (χ0n) is 13.4. The van der Waals surface area contributed by atoms with Crippen molar-refractivity contribution in [3.05, 3.63) is 36.7 Å². The van der Waals surface area contributed by atoms with Crippen molar-refractivity contribution >= 4 is 16.7 Å². The molecule has 0 amide bonds. The van der Waals surface area contributed by atoms with E-state index in [0.717, 1.165) is 47.6 Å². The summed E-state index contributed by atoms with van der Waals surface area (Å²) in [4.78, 5) is 2.19. The molecular weight excluding hydrogens is 333 g/mol. The lowest BCUT2D eigenvalue weighted by atomic mass is 10.2. The molecule has 6 nitrogen and oxygen atoms in total. The second kappa shape index (κ2) is 6.07. The number of anilines is 1. The molecule has 1 fully saturated rings. The van der Waals surface area contributed by atoms with Gasteiger partial charge in [0.25, 0.3) is 0 Å². The van der Waals surface area contributed by atoms with Gasteiger partial charge in [0.15, 0.2) is 5.82 Å². The summed E-state index contributed by atoms with van der Waals surface area (Å²) in [5, 5.41) is 12.8. The third-order valence-corrected chi connectivity index (χ3v) is 4.19. The number of benzene rings is 1. The highest BCUT2D eigenvalue weighted by Crippen LogP contribution is 2.28. The Labute approximate surface area is 141 Å². The van der Waals surface area contributed by atoms with Crippen LogP contribution in [0.2, 0.25) is 0 Å². The summed E-state index contributed by atoms with van der Waals surface area (Å²) in [6.45, 7) is 2.33. The van der Waals surface area contributed by atoms with Crippen LogP contribution in [0.3, 0.4) is 0 Å². The highest BCUT2D eigenvalue weighted by Gasteiger charge is 2.28. The number of halogens is 3. The van der Waals surface area contributed by atoms with E-state index in [0.29, 0.717) is 5.69 Å². The van der Waals surface area contributed by atoms with Crippen LogP contribution in [0.5, 0.6) is 0 Å². The Morgan fingerprint density at radius 2 is 1.88 bits per heavy atom. The number of hydrogen-bond donors (Lipinski definition) is 1. The smallest absolute Gasteiger partial charge is 0.352 e. The number of aromatic nitrogens is 4. The molecule has 3 heterocycles. The van der Waals surface area contributed by atoms with E-state index >= 15 is 0 Å². The quantitative estimate of drug-likeness (QED) is 0.787. The van der Waals surface area contributed by atoms with E-state index in [1.165, 1.54) is 12.4 Å². The Kier molecular flexibility index (Phi) is 3.87. The maximum absolute atomic E-state index is 12.6. The lowest BCUT2D eigenvalue weighted by Gasteiger charge is -2.27. The molecule has 1 aliphatic heterocycles. The predicted molar refractivity (Wildman–Crippen MR) is 88.0 cm³/mol. The summed E-state index contributed by atoms with van der Waals surface area (Å²) >= 11 is 0. The molecule has 2 aromatic heterocycles. The number of nitrogens with zero attached hydrogens (tertiary/aromatic N) is 5. The standard InChI is InChI=1S/C16H17F3N6/c17-16(18,19)11-24-10-12(9-21-24)25-14-4-2-1-3-13(14)15(22-25)23-7-5-20-6-8-23/h1-4,9-10,20H,5-8,11H2. The van der Waals surface area contributed by atoms with Gasteiger partial charge in [-0.2, -0.15) is 18.3 Å². The summed E-state index contributed by atoms with van der Waals surface area (Å²) in [6.07, 6.45) is -1.53. The van der Waals surface area contributed by atoms with Gasteiger partial charge in [-0.05, 0) is 12.1 Å². The summed E-state index contributed by atoms with van der Waals surface area (Å²) in [6, 6.07) is 7.72. The first-order valence-electron chi connectivity index (χ1n) is 8.04. The zero-order chi connectivity index (χ0) is 17.4. The van der Waals surface area contributed by atoms with Crippen LogP contribution >= 0.6 is 0 Å². The van der Waals surface area contributed by atoms with E-state index in [4.69, 9.17) is 0 Å². The molecule has 9 heteroatoms. The van der Waals surface area contributed by atoms with Crippen molar-refractivity contribution in [2.24, 2.45) is 0 Å². The molecule has 0 spiro atoms. The van der Waals surface area contributed by atoms with Gasteiger partial charge in [-0.1, -0.05) is 12.1 Å². The second-order valence-electron chi connectivity index (χ2n) is 6.00. The fourth-order valence-corrected chi connectivity index (χ4v) is 3.09. The lowest BCUT2D eigenvalue weighted by Crippen LogP contribution is -2.43. The predicted octanol–water partition coefficient (Wildman–Crippen LogP) is 2.19. The highest BCUT2D eigenvalue weighted by molar-refractivity contribution is 5.91. The molecule has 1 aliphatic rings. The first-order valence-corrected chi connectivity index (χ1v) is 8.04. The van der Waals surface area contributed by atoms with Crippen LogP contribution in [0, 0.1) is 0 Å². The zero-order valence-corrected chi connectivity index (χ0v) is 13.4. The lowest BCUT2D eigenvalue weighted by molar-refractivity contribution is -0.142. The van der Waals surface area contributed by atoms with Crippen LogP contribution in [0.4, 0.5) is 19.0 Å². The molecular formula is C16H17F3N6. The molecule has 0 radical (unpaired) electrons. The summed E-state index contributed by atoms with van der Waals surface area (Å²) in [7, 11) is 0. The Bertz CT molecular complexity index is 876. The average Bonchev–Trinajstić information content (AvgIpc) is 3.18. The summed E-state index contributed by atoms with van der Waals surface area (Å²) in [5.41, 5.74) is 1.37. The maximum atomic E-state index is 12.6. The summed E-state index contributed by atoms with van der Waals surface area (Å²) in [5.74, 6) is 0.848. The molecule has 25 heavy (non-hydrogen) atoms. The van der Waals surface area contributed by atoms with Crippen molar-refractivity contribution in [3.63, 3.8) is 0 Å². The second-order valence-corrected chi connectivity index (χ2v) is 6.00.